The second-order valence-corrected chi connectivity index (χ2v) is 6.11. The summed E-state index contributed by atoms with van der Waals surface area (Å²) >= 11 is 8.98. The maximum absolute atomic E-state index is 13.5. The molecule has 2 N–H and O–H groups in total. The molecule has 0 aromatic carbocycles. The number of rotatable bonds is 1. The first-order chi connectivity index (χ1) is 9.20. The van der Waals surface area contributed by atoms with Crippen LogP contribution in [0, 0.1) is 0 Å². The molecule has 20 heavy (non-hydrogen) atoms. The number of hydrogen-bond donors (Lipinski definition) is 2. The minimum Gasteiger partial charge on any atom is -0.393 e. The molecule has 0 spiro atoms. The first kappa shape index (κ1) is 14.6. The van der Waals surface area contributed by atoms with E-state index in [0.29, 0.717) is 0 Å². The van der Waals surface area contributed by atoms with Crippen molar-refractivity contribution in [3.8, 4) is 0 Å². The lowest BCUT2D eigenvalue weighted by atomic mass is 9.79. The van der Waals surface area contributed by atoms with Crippen molar-refractivity contribution >= 4 is 27.5 Å². The smallest absolute Gasteiger partial charge is 0.393 e. The molecular weight excluding hydrogens is 366 g/mol. The van der Waals surface area contributed by atoms with Gasteiger partial charge in [0.05, 0.1) is 23.4 Å². The number of alkyl halides is 3. The van der Waals surface area contributed by atoms with E-state index in [0.717, 1.165) is 6.07 Å². The molecule has 0 amide bonds. The first-order valence-corrected chi connectivity index (χ1v) is 6.98. The van der Waals surface area contributed by atoms with Crippen molar-refractivity contribution in [3.05, 3.63) is 21.4 Å². The second-order valence-electron chi connectivity index (χ2n) is 4.95. The van der Waals surface area contributed by atoms with Gasteiger partial charge in [-0.3, -0.25) is 0 Å². The molecule has 1 aromatic rings. The molecule has 1 fully saturated rings. The van der Waals surface area contributed by atoms with E-state index in [4.69, 9.17) is 16.3 Å². The molecule has 4 nitrogen and oxygen atoms in total. The first-order valence-electron chi connectivity index (χ1n) is 5.81. The molecule has 9 heteroatoms. The molecule has 0 unspecified atom stereocenters. The SMILES string of the molecule is OC[C@]12OCC[C@H]1n1c(cc(Cl)c1Br)[C@@]2(O)C(F)(F)F. The van der Waals surface area contributed by atoms with Crippen LogP contribution in [-0.4, -0.2) is 39.8 Å². The molecule has 3 atom stereocenters. The molecule has 1 saturated heterocycles. The van der Waals surface area contributed by atoms with Crippen molar-refractivity contribution in [2.45, 2.75) is 29.8 Å². The molecule has 2 aliphatic heterocycles. The Hall–Kier alpha value is -0.280. The molecule has 2 aliphatic rings. The van der Waals surface area contributed by atoms with Crippen LogP contribution in [0.2, 0.25) is 5.02 Å². The highest BCUT2D eigenvalue weighted by atomic mass is 79.9. The quantitative estimate of drug-likeness (QED) is 0.791. The summed E-state index contributed by atoms with van der Waals surface area (Å²) in [5, 5.41) is 20.0. The van der Waals surface area contributed by atoms with Gasteiger partial charge in [0.1, 0.15) is 4.60 Å². The van der Waals surface area contributed by atoms with Gasteiger partial charge in [0.25, 0.3) is 0 Å². The van der Waals surface area contributed by atoms with E-state index in [9.17, 15) is 23.4 Å². The molecule has 0 bridgehead atoms. The largest absolute Gasteiger partial charge is 0.426 e. The van der Waals surface area contributed by atoms with Crippen LogP contribution in [0.3, 0.4) is 0 Å². The maximum atomic E-state index is 13.5. The van der Waals surface area contributed by atoms with Crippen LogP contribution in [0.15, 0.2) is 10.7 Å². The number of hydrogen-bond acceptors (Lipinski definition) is 3. The zero-order chi connectivity index (χ0) is 14.9. The van der Waals surface area contributed by atoms with Gasteiger partial charge in [-0.1, -0.05) is 11.6 Å². The number of nitrogens with zero attached hydrogens (tertiary/aromatic N) is 1. The van der Waals surface area contributed by atoms with Crippen molar-refractivity contribution in [2.75, 3.05) is 13.2 Å². The van der Waals surface area contributed by atoms with E-state index in [-0.39, 0.29) is 22.7 Å². The monoisotopic (exact) mass is 375 g/mol. The number of halogens is 5. The predicted molar refractivity (Wildman–Crippen MR) is 66.5 cm³/mol. The topological polar surface area (TPSA) is 54.6 Å². The lowest BCUT2D eigenvalue weighted by Crippen LogP contribution is -2.61. The van der Waals surface area contributed by atoms with Crippen molar-refractivity contribution in [2.24, 2.45) is 0 Å². The number of aromatic nitrogens is 1. The third-order valence-corrected chi connectivity index (χ3v) is 5.49. The van der Waals surface area contributed by atoms with Gasteiger partial charge >= 0.3 is 6.18 Å². The molecule has 0 saturated carbocycles. The fourth-order valence-electron chi connectivity index (χ4n) is 3.29. The lowest BCUT2D eigenvalue weighted by Gasteiger charge is -2.40. The van der Waals surface area contributed by atoms with E-state index in [1.807, 2.05) is 0 Å². The molecule has 1 aromatic heterocycles. The van der Waals surface area contributed by atoms with E-state index in [1.54, 1.807) is 0 Å². The summed E-state index contributed by atoms with van der Waals surface area (Å²) < 4.78 is 47.3. The van der Waals surface area contributed by atoms with Gasteiger partial charge in [-0.15, -0.1) is 0 Å². The Kier molecular flexibility index (Phi) is 3.03. The van der Waals surface area contributed by atoms with Crippen LogP contribution >= 0.6 is 27.5 Å². The average molecular weight is 377 g/mol. The third-order valence-electron chi connectivity index (χ3n) is 4.16. The van der Waals surface area contributed by atoms with Crippen molar-refractivity contribution in [1.29, 1.82) is 0 Å². The standard InChI is InChI=1S/C11H10BrClF3NO3/c12-8-5(13)3-7-10(19,11(14,15)16)9(4-18)6(17(7)8)1-2-20-9/h3,6,18-19H,1-2,4H2/t6-,9+,10+/m1/s1. The zero-order valence-corrected chi connectivity index (χ0v) is 12.3. The predicted octanol–water partition coefficient (Wildman–Crippen LogP) is 2.36. The number of fused-ring (bicyclic) bond motifs is 3. The van der Waals surface area contributed by atoms with Crippen LogP contribution in [0.25, 0.3) is 0 Å². The Bertz CT molecular complexity index is 578. The molecular formula is C11H10BrClF3NO3. The Balaban J connectivity index is 2.34. The van der Waals surface area contributed by atoms with Gasteiger partial charge in [-0.05, 0) is 28.4 Å². The summed E-state index contributed by atoms with van der Waals surface area (Å²) in [7, 11) is 0. The van der Waals surface area contributed by atoms with E-state index >= 15 is 0 Å². The summed E-state index contributed by atoms with van der Waals surface area (Å²) in [4.78, 5) is 0. The van der Waals surface area contributed by atoms with Gasteiger partial charge < -0.3 is 19.5 Å². The maximum Gasteiger partial charge on any atom is 0.426 e. The summed E-state index contributed by atoms with van der Waals surface area (Å²) in [6.45, 7) is -0.926. The summed E-state index contributed by atoms with van der Waals surface area (Å²) in [6, 6.07) is 0.217. The average Bonchev–Trinajstić information content (AvgIpc) is 2.95. The summed E-state index contributed by atoms with van der Waals surface area (Å²) in [5.74, 6) is 0. The normalized spacial score (nSPS) is 36.2. The third kappa shape index (κ3) is 1.39. The Morgan fingerprint density at radius 1 is 1.55 bits per heavy atom. The zero-order valence-electron chi connectivity index (χ0n) is 9.92. The Morgan fingerprint density at radius 3 is 2.75 bits per heavy atom. The highest BCUT2D eigenvalue weighted by Crippen LogP contribution is 2.62. The van der Waals surface area contributed by atoms with Gasteiger partial charge in [0, 0.05) is 6.61 Å². The van der Waals surface area contributed by atoms with Crippen molar-refractivity contribution in [1.82, 2.24) is 4.57 Å². The number of aliphatic hydroxyl groups is 2. The molecule has 3 heterocycles. The van der Waals surface area contributed by atoms with Gasteiger partial charge in [-0.25, -0.2) is 0 Å². The molecule has 0 radical (unpaired) electrons. The molecule has 3 rings (SSSR count). The number of ether oxygens (including phenoxy) is 1. The lowest BCUT2D eigenvalue weighted by molar-refractivity contribution is -0.329. The van der Waals surface area contributed by atoms with Crippen LogP contribution in [0.4, 0.5) is 13.2 Å². The van der Waals surface area contributed by atoms with E-state index in [2.05, 4.69) is 15.9 Å². The number of aliphatic hydroxyl groups excluding tert-OH is 1. The summed E-state index contributed by atoms with van der Waals surface area (Å²) in [5.41, 5.74) is -5.85. The minimum absolute atomic E-state index is 0.0191. The second kappa shape index (κ2) is 4.13. The van der Waals surface area contributed by atoms with E-state index < -0.39 is 35.7 Å². The highest BCUT2D eigenvalue weighted by molar-refractivity contribution is 9.10. The van der Waals surface area contributed by atoms with Crippen LogP contribution in [0.5, 0.6) is 0 Å². The Morgan fingerprint density at radius 2 is 2.20 bits per heavy atom. The van der Waals surface area contributed by atoms with Crippen molar-refractivity contribution in [3.63, 3.8) is 0 Å². The molecule has 112 valence electrons. The fourth-order valence-corrected chi connectivity index (χ4v) is 4.03. The van der Waals surface area contributed by atoms with Gasteiger partial charge in [0.2, 0.25) is 5.60 Å². The fraction of sp³-hybridized carbons (Fsp3) is 0.636. The molecule has 0 aliphatic carbocycles. The van der Waals surface area contributed by atoms with Crippen LogP contribution in [-0.2, 0) is 10.3 Å². The van der Waals surface area contributed by atoms with Crippen LogP contribution < -0.4 is 0 Å². The van der Waals surface area contributed by atoms with Crippen LogP contribution in [0.1, 0.15) is 18.2 Å². The summed E-state index contributed by atoms with van der Waals surface area (Å²) in [6.07, 6.45) is -4.76. The Labute approximate surface area is 125 Å². The van der Waals surface area contributed by atoms with E-state index in [1.165, 1.54) is 4.57 Å². The van der Waals surface area contributed by atoms with Gasteiger partial charge in [0.15, 0.2) is 5.60 Å². The van der Waals surface area contributed by atoms with Gasteiger partial charge in [-0.2, -0.15) is 13.2 Å². The highest BCUT2D eigenvalue weighted by Gasteiger charge is 2.77. The van der Waals surface area contributed by atoms with Crippen molar-refractivity contribution < 1.29 is 28.1 Å². The minimum atomic E-state index is -5.01.